The van der Waals surface area contributed by atoms with Crippen LogP contribution in [0.1, 0.15) is 30.4 Å². The summed E-state index contributed by atoms with van der Waals surface area (Å²) in [5.41, 5.74) is 14.4. The molecule has 1 aliphatic carbocycles. The second-order valence-corrected chi connectivity index (χ2v) is 6.27. The number of fused-ring (bicyclic) bond motifs is 1. The van der Waals surface area contributed by atoms with Crippen molar-refractivity contribution in [1.82, 2.24) is 5.32 Å². The van der Waals surface area contributed by atoms with E-state index in [4.69, 9.17) is 22.3 Å². The zero-order valence-corrected chi connectivity index (χ0v) is 13.8. The van der Waals surface area contributed by atoms with Gasteiger partial charge in [-0.3, -0.25) is 5.41 Å². The molecule has 130 valence electrons. The maximum atomic E-state index is 9.60. The summed E-state index contributed by atoms with van der Waals surface area (Å²) in [5.74, 6) is 0.265. The fourth-order valence-electron chi connectivity index (χ4n) is 3.12. The molecule has 1 fully saturated rings. The van der Waals surface area contributed by atoms with E-state index in [0.29, 0.717) is 34.5 Å². The van der Waals surface area contributed by atoms with Crippen molar-refractivity contribution in [2.24, 2.45) is 16.5 Å². The van der Waals surface area contributed by atoms with Crippen molar-refractivity contribution in [1.29, 1.82) is 10.8 Å². The number of allylic oxidation sites excluding steroid dienone is 1. The number of aliphatic hydroxyl groups excluding tert-OH is 1. The standard InChI is InChI=1S/C18H22N6O/c19-6-5-15(20)10-1-4-13-16(7-10)24-18(22)14(17(13)21)9-23-11-2-3-12(25)8-11/h1,4-7,9,11-12,20-21,23,25H,2-3,8,19H2,(H2,22,24)/b6-5-,14-9+,20-15?,21-17?. The molecule has 1 aromatic carbocycles. The van der Waals surface area contributed by atoms with Crippen molar-refractivity contribution in [3.63, 3.8) is 0 Å². The monoisotopic (exact) mass is 338 g/mol. The summed E-state index contributed by atoms with van der Waals surface area (Å²) in [6.07, 6.45) is 6.65. The van der Waals surface area contributed by atoms with E-state index >= 15 is 0 Å². The molecule has 2 aliphatic rings. The minimum Gasteiger partial charge on any atom is -0.405 e. The molecule has 25 heavy (non-hydrogen) atoms. The third-order valence-corrected chi connectivity index (χ3v) is 4.50. The molecule has 0 amide bonds. The third-order valence-electron chi connectivity index (χ3n) is 4.50. The lowest BCUT2D eigenvalue weighted by atomic mass is 9.95. The van der Waals surface area contributed by atoms with E-state index in [-0.39, 0.29) is 23.7 Å². The number of nitrogens with two attached hydrogens (primary N) is 2. The van der Waals surface area contributed by atoms with Crippen molar-refractivity contribution in [2.45, 2.75) is 31.4 Å². The van der Waals surface area contributed by atoms with Gasteiger partial charge in [0.15, 0.2) is 0 Å². The minimum atomic E-state index is -0.259. The van der Waals surface area contributed by atoms with E-state index < -0.39 is 0 Å². The highest BCUT2D eigenvalue weighted by atomic mass is 16.3. The summed E-state index contributed by atoms with van der Waals surface area (Å²) < 4.78 is 0. The van der Waals surface area contributed by atoms with Crippen LogP contribution in [0.15, 0.2) is 47.2 Å². The smallest absolute Gasteiger partial charge is 0.135 e. The molecule has 1 aromatic rings. The maximum Gasteiger partial charge on any atom is 0.135 e. The Balaban J connectivity index is 1.85. The maximum absolute atomic E-state index is 9.60. The molecule has 0 spiro atoms. The predicted octanol–water partition coefficient (Wildman–Crippen LogP) is 1.28. The zero-order chi connectivity index (χ0) is 18.0. The average molecular weight is 338 g/mol. The van der Waals surface area contributed by atoms with E-state index in [1.54, 1.807) is 24.4 Å². The van der Waals surface area contributed by atoms with Gasteiger partial charge in [-0.1, -0.05) is 6.07 Å². The van der Waals surface area contributed by atoms with Gasteiger partial charge in [-0.05, 0) is 43.7 Å². The summed E-state index contributed by atoms with van der Waals surface area (Å²) >= 11 is 0. The first-order valence-corrected chi connectivity index (χ1v) is 8.19. The SMILES string of the molecule is N=C(/C=C\N)c1ccc2c(c1)N=C(N)/C(=C/NC1CCC(O)C1)C2=N. The first kappa shape index (κ1) is 16.9. The van der Waals surface area contributed by atoms with Crippen LogP contribution in [-0.2, 0) is 0 Å². The Labute approximate surface area is 146 Å². The molecule has 1 saturated carbocycles. The Hall–Kier alpha value is -2.93. The summed E-state index contributed by atoms with van der Waals surface area (Å²) in [7, 11) is 0. The summed E-state index contributed by atoms with van der Waals surface area (Å²) in [6, 6.07) is 5.46. The van der Waals surface area contributed by atoms with E-state index in [1.807, 2.05) is 0 Å². The van der Waals surface area contributed by atoms with E-state index in [2.05, 4.69) is 10.3 Å². The van der Waals surface area contributed by atoms with Gasteiger partial charge in [0, 0.05) is 23.4 Å². The van der Waals surface area contributed by atoms with Gasteiger partial charge in [-0.25, -0.2) is 4.99 Å². The van der Waals surface area contributed by atoms with Crippen molar-refractivity contribution in [2.75, 3.05) is 0 Å². The fourth-order valence-corrected chi connectivity index (χ4v) is 3.12. The first-order valence-electron chi connectivity index (χ1n) is 8.19. The van der Waals surface area contributed by atoms with Crippen LogP contribution >= 0.6 is 0 Å². The quantitative estimate of drug-likeness (QED) is 0.459. The average Bonchev–Trinajstić information content (AvgIpc) is 2.99. The highest BCUT2D eigenvalue weighted by molar-refractivity contribution is 6.32. The topological polar surface area (TPSA) is 144 Å². The molecular formula is C18H22N6O. The van der Waals surface area contributed by atoms with Crippen molar-refractivity contribution in [3.05, 3.63) is 53.4 Å². The van der Waals surface area contributed by atoms with Crippen LogP contribution in [0.4, 0.5) is 5.69 Å². The van der Waals surface area contributed by atoms with E-state index in [9.17, 15) is 5.11 Å². The lowest BCUT2D eigenvalue weighted by molar-refractivity contribution is 0.180. The summed E-state index contributed by atoms with van der Waals surface area (Å²) in [4.78, 5) is 4.38. The normalized spacial score (nSPS) is 24.4. The van der Waals surface area contributed by atoms with Gasteiger partial charge < -0.3 is 27.3 Å². The number of rotatable bonds is 4. The lowest BCUT2D eigenvalue weighted by Gasteiger charge is -2.19. The van der Waals surface area contributed by atoms with Crippen LogP contribution in [0.25, 0.3) is 0 Å². The van der Waals surface area contributed by atoms with Crippen molar-refractivity contribution < 1.29 is 5.11 Å². The zero-order valence-electron chi connectivity index (χ0n) is 13.8. The number of aliphatic imine (C=N–C) groups is 1. The molecule has 0 bridgehead atoms. The number of amidine groups is 1. The first-order chi connectivity index (χ1) is 12.0. The van der Waals surface area contributed by atoms with E-state index in [0.717, 1.165) is 12.8 Å². The van der Waals surface area contributed by atoms with Crippen LogP contribution in [0.2, 0.25) is 0 Å². The number of hydrogen-bond acceptors (Lipinski definition) is 7. The number of benzene rings is 1. The number of aliphatic hydroxyl groups is 1. The molecule has 3 rings (SSSR count). The van der Waals surface area contributed by atoms with Gasteiger partial charge in [-0.15, -0.1) is 0 Å². The van der Waals surface area contributed by atoms with Gasteiger partial charge >= 0.3 is 0 Å². The molecule has 0 saturated heterocycles. The van der Waals surface area contributed by atoms with Crippen LogP contribution < -0.4 is 16.8 Å². The molecule has 0 aromatic heterocycles. The highest BCUT2D eigenvalue weighted by Gasteiger charge is 2.24. The molecule has 7 heteroatoms. The van der Waals surface area contributed by atoms with Gasteiger partial charge in [0.2, 0.25) is 0 Å². The summed E-state index contributed by atoms with van der Waals surface area (Å²) in [5, 5.41) is 29.2. The van der Waals surface area contributed by atoms with Gasteiger partial charge in [0.25, 0.3) is 0 Å². The van der Waals surface area contributed by atoms with Crippen molar-refractivity contribution >= 4 is 22.9 Å². The Morgan fingerprint density at radius 1 is 1.36 bits per heavy atom. The Morgan fingerprint density at radius 2 is 2.16 bits per heavy atom. The van der Waals surface area contributed by atoms with E-state index in [1.165, 1.54) is 12.3 Å². The molecule has 8 N–H and O–H groups in total. The second-order valence-electron chi connectivity index (χ2n) is 6.27. The number of nitrogens with one attached hydrogen (secondary N) is 3. The molecule has 0 radical (unpaired) electrons. The third kappa shape index (κ3) is 3.46. The van der Waals surface area contributed by atoms with Crippen LogP contribution in [0.5, 0.6) is 0 Å². The van der Waals surface area contributed by atoms with Crippen molar-refractivity contribution in [3.8, 4) is 0 Å². The number of hydrogen-bond donors (Lipinski definition) is 6. The molecule has 1 aliphatic heterocycles. The number of nitrogens with zero attached hydrogens (tertiary/aromatic N) is 1. The molecule has 7 nitrogen and oxygen atoms in total. The molecular weight excluding hydrogens is 316 g/mol. The molecule has 2 atom stereocenters. The molecule has 1 heterocycles. The molecule has 2 unspecified atom stereocenters. The van der Waals surface area contributed by atoms with Crippen LogP contribution in [-0.4, -0.2) is 34.5 Å². The second kappa shape index (κ2) is 6.90. The fraction of sp³-hybridized carbons (Fsp3) is 0.278. The Morgan fingerprint density at radius 3 is 2.84 bits per heavy atom. The Kier molecular flexibility index (Phi) is 4.67. The minimum absolute atomic E-state index is 0.190. The van der Waals surface area contributed by atoms with Crippen LogP contribution in [0, 0.1) is 10.8 Å². The predicted molar refractivity (Wildman–Crippen MR) is 99.6 cm³/mol. The lowest BCUT2D eigenvalue weighted by Crippen LogP contribution is -2.29. The van der Waals surface area contributed by atoms with Gasteiger partial charge in [0.1, 0.15) is 5.84 Å². The van der Waals surface area contributed by atoms with Gasteiger partial charge in [-0.2, -0.15) is 0 Å². The summed E-state index contributed by atoms with van der Waals surface area (Å²) in [6.45, 7) is 0. The highest BCUT2D eigenvalue weighted by Crippen LogP contribution is 2.29. The largest absolute Gasteiger partial charge is 0.405 e. The Bertz CT molecular complexity index is 808. The van der Waals surface area contributed by atoms with Crippen LogP contribution in [0.3, 0.4) is 0 Å². The van der Waals surface area contributed by atoms with Gasteiger partial charge in [0.05, 0.1) is 28.8 Å².